The van der Waals surface area contributed by atoms with Crippen molar-refractivity contribution in [2.75, 3.05) is 6.61 Å². The fourth-order valence-electron chi connectivity index (χ4n) is 2.21. The Hall–Kier alpha value is -0.940. The molecule has 1 saturated carbocycles. The molecule has 2 unspecified atom stereocenters. The van der Waals surface area contributed by atoms with E-state index in [1.165, 1.54) is 6.42 Å². The number of aromatic nitrogens is 3. The lowest BCUT2D eigenvalue weighted by Gasteiger charge is -2.18. The third-order valence-corrected chi connectivity index (χ3v) is 3.22. The van der Waals surface area contributed by atoms with Crippen molar-refractivity contribution >= 4 is 0 Å². The van der Waals surface area contributed by atoms with Gasteiger partial charge < -0.3 is 15.0 Å². The molecule has 1 aliphatic carbocycles. The molecular weight excluding hydrogens is 192 g/mol. The Balaban J connectivity index is 1.85. The van der Waals surface area contributed by atoms with Crippen molar-refractivity contribution in [2.45, 2.75) is 31.8 Å². The zero-order chi connectivity index (χ0) is 10.7. The number of hydrogen-bond acceptors (Lipinski definition) is 4. The van der Waals surface area contributed by atoms with Gasteiger partial charge in [0.15, 0.2) is 0 Å². The van der Waals surface area contributed by atoms with Crippen LogP contribution in [0.5, 0.6) is 0 Å². The maximum Gasteiger partial charge on any atom is 0.146 e. The van der Waals surface area contributed by atoms with E-state index in [1.54, 1.807) is 6.33 Å². The molecule has 0 aliphatic heterocycles. The number of hydrogen-bond donors (Lipinski definition) is 2. The maximum absolute atomic E-state index is 9.18. The van der Waals surface area contributed by atoms with Gasteiger partial charge in [0.2, 0.25) is 0 Å². The first-order chi connectivity index (χ1) is 7.31. The van der Waals surface area contributed by atoms with Gasteiger partial charge in [-0.25, -0.2) is 0 Å². The molecule has 1 fully saturated rings. The zero-order valence-corrected chi connectivity index (χ0v) is 9.06. The Morgan fingerprint density at radius 3 is 3.13 bits per heavy atom. The van der Waals surface area contributed by atoms with Crippen LogP contribution in [0.15, 0.2) is 6.33 Å². The minimum atomic E-state index is 0.288. The summed E-state index contributed by atoms with van der Waals surface area (Å²) in [5.74, 6) is 1.36. The molecule has 2 N–H and O–H groups in total. The van der Waals surface area contributed by atoms with Gasteiger partial charge in [0, 0.05) is 19.7 Å². The first-order valence-electron chi connectivity index (χ1n) is 5.48. The third-order valence-electron chi connectivity index (χ3n) is 3.22. The molecule has 2 atom stereocenters. The average molecular weight is 210 g/mol. The standard InChI is InChI=1S/C10H18N4O/c1-14-7-12-13-10(14)5-11-9-4-2-3-8(9)6-15/h7-9,11,15H,2-6H2,1H3. The van der Waals surface area contributed by atoms with Crippen LogP contribution in [-0.2, 0) is 13.6 Å². The van der Waals surface area contributed by atoms with Gasteiger partial charge in [-0.3, -0.25) is 0 Å². The van der Waals surface area contributed by atoms with E-state index in [0.29, 0.717) is 12.0 Å². The monoisotopic (exact) mass is 210 g/mol. The Labute approximate surface area is 89.5 Å². The van der Waals surface area contributed by atoms with Gasteiger partial charge in [-0.2, -0.15) is 0 Å². The zero-order valence-electron chi connectivity index (χ0n) is 9.06. The van der Waals surface area contributed by atoms with Crippen molar-refractivity contribution in [2.24, 2.45) is 13.0 Å². The SMILES string of the molecule is Cn1cnnc1CNC1CCCC1CO. The first-order valence-corrected chi connectivity index (χ1v) is 5.48. The lowest BCUT2D eigenvalue weighted by molar-refractivity contribution is 0.204. The second-order valence-corrected chi connectivity index (χ2v) is 4.22. The van der Waals surface area contributed by atoms with E-state index in [-0.39, 0.29) is 6.61 Å². The van der Waals surface area contributed by atoms with E-state index >= 15 is 0 Å². The smallest absolute Gasteiger partial charge is 0.146 e. The van der Waals surface area contributed by atoms with E-state index in [4.69, 9.17) is 0 Å². The van der Waals surface area contributed by atoms with Crippen molar-refractivity contribution in [3.8, 4) is 0 Å². The highest BCUT2D eigenvalue weighted by molar-refractivity contribution is 4.88. The molecule has 15 heavy (non-hydrogen) atoms. The molecule has 1 aliphatic rings. The lowest BCUT2D eigenvalue weighted by Crippen LogP contribution is -2.34. The second-order valence-electron chi connectivity index (χ2n) is 4.22. The minimum absolute atomic E-state index is 0.288. The summed E-state index contributed by atoms with van der Waals surface area (Å²) < 4.78 is 1.91. The molecule has 0 saturated heterocycles. The van der Waals surface area contributed by atoms with Gasteiger partial charge in [-0.05, 0) is 18.8 Å². The molecule has 1 heterocycles. The Morgan fingerprint density at radius 2 is 2.47 bits per heavy atom. The molecular formula is C10H18N4O. The van der Waals surface area contributed by atoms with Crippen LogP contribution < -0.4 is 5.32 Å². The highest BCUT2D eigenvalue weighted by Gasteiger charge is 2.26. The van der Waals surface area contributed by atoms with Crippen LogP contribution in [0.1, 0.15) is 25.1 Å². The van der Waals surface area contributed by atoms with Crippen LogP contribution in [0.2, 0.25) is 0 Å². The van der Waals surface area contributed by atoms with E-state index < -0.39 is 0 Å². The quantitative estimate of drug-likeness (QED) is 0.738. The molecule has 1 aromatic heterocycles. The van der Waals surface area contributed by atoms with Crippen molar-refractivity contribution in [1.82, 2.24) is 20.1 Å². The first kappa shape index (κ1) is 10.6. The summed E-state index contributed by atoms with van der Waals surface area (Å²) in [6.07, 6.45) is 5.20. The van der Waals surface area contributed by atoms with E-state index in [1.807, 2.05) is 11.6 Å². The molecule has 1 aromatic rings. The van der Waals surface area contributed by atoms with Crippen LogP contribution >= 0.6 is 0 Å². The Morgan fingerprint density at radius 1 is 1.60 bits per heavy atom. The molecule has 0 aromatic carbocycles. The molecule has 5 nitrogen and oxygen atoms in total. The van der Waals surface area contributed by atoms with Gasteiger partial charge in [0.05, 0.1) is 6.54 Å². The van der Waals surface area contributed by atoms with Gasteiger partial charge in [-0.1, -0.05) is 6.42 Å². The maximum atomic E-state index is 9.18. The van der Waals surface area contributed by atoms with Crippen LogP contribution in [0.25, 0.3) is 0 Å². The summed E-state index contributed by atoms with van der Waals surface area (Å²) >= 11 is 0. The van der Waals surface area contributed by atoms with E-state index in [9.17, 15) is 5.11 Å². The predicted octanol–water partition coefficient (Wildman–Crippen LogP) is 0.0657. The fourth-order valence-corrected chi connectivity index (χ4v) is 2.21. The molecule has 84 valence electrons. The number of aryl methyl sites for hydroxylation is 1. The predicted molar refractivity (Wildman–Crippen MR) is 56.1 cm³/mol. The number of nitrogens with one attached hydrogen (secondary N) is 1. The number of aliphatic hydroxyl groups excluding tert-OH is 1. The second kappa shape index (κ2) is 4.72. The summed E-state index contributed by atoms with van der Waals surface area (Å²) in [5.41, 5.74) is 0. The highest BCUT2D eigenvalue weighted by atomic mass is 16.3. The largest absolute Gasteiger partial charge is 0.396 e. The van der Waals surface area contributed by atoms with Crippen molar-refractivity contribution in [3.63, 3.8) is 0 Å². The molecule has 0 spiro atoms. The normalized spacial score (nSPS) is 26.0. The summed E-state index contributed by atoms with van der Waals surface area (Å²) in [7, 11) is 1.94. The van der Waals surface area contributed by atoms with Crippen LogP contribution in [0.3, 0.4) is 0 Å². The number of rotatable bonds is 4. The number of nitrogens with zero attached hydrogens (tertiary/aromatic N) is 3. The van der Waals surface area contributed by atoms with Crippen LogP contribution in [0, 0.1) is 5.92 Å². The third kappa shape index (κ3) is 2.35. The van der Waals surface area contributed by atoms with E-state index in [0.717, 1.165) is 25.2 Å². The van der Waals surface area contributed by atoms with Gasteiger partial charge in [0.1, 0.15) is 12.2 Å². The Bertz CT molecular complexity index is 312. The molecule has 2 rings (SSSR count). The highest BCUT2D eigenvalue weighted by Crippen LogP contribution is 2.25. The topological polar surface area (TPSA) is 63.0 Å². The van der Waals surface area contributed by atoms with Crippen molar-refractivity contribution in [1.29, 1.82) is 0 Å². The summed E-state index contributed by atoms with van der Waals surface area (Å²) in [5, 5.41) is 20.5. The summed E-state index contributed by atoms with van der Waals surface area (Å²) in [4.78, 5) is 0. The molecule has 0 amide bonds. The van der Waals surface area contributed by atoms with Gasteiger partial charge in [-0.15, -0.1) is 10.2 Å². The van der Waals surface area contributed by atoms with Gasteiger partial charge >= 0.3 is 0 Å². The van der Waals surface area contributed by atoms with Crippen molar-refractivity contribution in [3.05, 3.63) is 12.2 Å². The molecule has 0 radical (unpaired) electrons. The number of aliphatic hydroxyl groups is 1. The average Bonchev–Trinajstić information content (AvgIpc) is 2.83. The van der Waals surface area contributed by atoms with Gasteiger partial charge in [0.25, 0.3) is 0 Å². The van der Waals surface area contributed by atoms with E-state index in [2.05, 4.69) is 15.5 Å². The van der Waals surface area contributed by atoms with Crippen LogP contribution in [0.4, 0.5) is 0 Å². The Kier molecular flexibility index (Phi) is 3.33. The lowest BCUT2D eigenvalue weighted by atomic mass is 10.1. The molecule has 0 bridgehead atoms. The fraction of sp³-hybridized carbons (Fsp3) is 0.800. The van der Waals surface area contributed by atoms with Crippen molar-refractivity contribution < 1.29 is 5.11 Å². The summed E-state index contributed by atoms with van der Waals surface area (Å²) in [6.45, 7) is 1.02. The van der Waals surface area contributed by atoms with Crippen LogP contribution in [-0.4, -0.2) is 32.5 Å². The molecule has 5 heteroatoms. The summed E-state index contributed by atoms with van der Waals surface area (Å²) in [6, 6.07) is 0.437. The minimum Gasteiger partial charge on any atom is -0.396 e.